The SMILES string of the molecule is c1ccc(-c2nc(-c3cccnc3)nc(-c3cccc(-c4cc5ccc6cccc7c8cccc9ccc%10cccc(c(c4)c5c67)c%10c98)c3)n2)cc1. The van der Waals surface area contributed by atoms with Gasteiger partial charge in [-0.05, 0) is 106 Å². The minimum absolute atomic E-state index is 0.593. The predicted octanol–water partition coefficient (Wildman–Crippen LogP) is 12.3. The van der Waals surface area contributed by atoms with Crippen LogP contribution >= 0.6 is 0 Å². The molecule has 0 saturated heterocycles. The van der Waals surface area contributed by atoms with Crippen LogP contribution in [0.2, 0.25) is 0 Å². The molecule has 9 aromatic carbocycles. The van der Waals surface area contributed by atoms with E-state index in [1.54, 1.807) is 12.4 Å². The van der Waals surface area contributed by atoms with Crippen molar-refractivity contribution in [2.45, 2.75) is 0 Å². The largest absolute Gasteiger partial charge is 0.264 e. The summed E-state index contributed by atoms with van der Waals surface area (Å²) in [4.78, 5) is 19.2. The van der Waals surface area contributed by atoms with Crippen molar-refractivity contribution in [1.82, 2.24) is 19.9 Å². The second-order valence-corrected chi connectivity index (χ2v) is 13.5. The molecule has 11 aromatic rings. The standard InChI is InChI=1S/C48H28N4/c1-2-9-32(10-3-1)46-50-47(52-48(51-46)36-16-8-24-49-28-36)35-15-4-14-33(25-35)37-26-34-23-22-31-12-6-18-39-38-17-5-11-29-20-21-30-13-7-19-40(44(30)42(29)38)41(27-37)45(34)43(31)39/h1-28H. The Labute approximate surface area is 299 Å². The number of rotatable bonds is 4. The highest BCUT2D eigenvalue weighted by Crippen LogP contribution is 2.44. The van der Waals surface area contributed by atoms with E-state index in [1.807, 2.05) is 42.5 Å². The zero-order chi connectivity index (χ0) is 34.2. The van der Waals surface area contributed by atoms with E-state index in [1.165, 1.54) is 64.6 Å². The molecule has 0 amide bonds. The van der Waals surface area contributed by atoms with E-state index < -0.39 is 0 Å². The van der Waals surface area contributed by atoms with Crippen LogP contribution in [0.1, 0.15) is 0 Å². The Balaban J connectivity index is 1.19. The van der Waals surface area contributed by atoms with Crippen LogP contribution in [0, 0.1) is 0 Å². The molecule has 11 rings (SSSR count). The Kier molecular flexibility index (Phi) is 6.22. The fourth-order valence-corrected chi connectivity index (χ4v) is 8.13. The van der Waals surface area contributed by atoms with E-state index in [4.69, 9.17) is 15.0 Å². The van der Waals surface area contributed by atoms with Gasteiger partial charge in [-0.25, -0.2) is 15.0 Å². The summed E-state index contributed by atoms with van der Waals surface area (Å²) in [6.45, 7) is 0. The molecule has 52 heavy (non-hydrogen) atoms. The van der Waals surface area contributed by atoms with Crippen molar-refractivity contribution in [3.05, 3.63) is 170 Å². The maximum absolute atomic E-state index is 5.01. The quantitative estimate of drug-likeness (QED) is 0.176. The van der Waals surface area contributed by atoms with Crippen molar-refractivity contribution in [3.63, 3.8) is 0 Å². The van der Waals surface area contributed by atoms with Gasteiger partial charge in [-0.2, -0.15) is 0 Å². The van der Waals surface area contributed by atoms with Crippen molar-refractivity contribution in [1.29, 1.82) is 0 Å². The molecule has 0 aliphatic heterocycles. The summed E-state index contributed by atoms with van der Waals surface area (Å²) >= 11 is 0. The normalized spacial score (nSPS) is 11.8. The third-order valence-corrected chi connectivity index (χ3v) is 10.5. The average Bonchev–Trinajstić information content (AvgIpc) is 3.22. The number of aromatic nitrogens is 4. The van der Waals surface area contributed by atoms with Gasteiger partial charge in [-0.15, -0.1) is 0 Å². The van der Waals surface area contributed by atoms with E-state index >= 15 is 0 Å². The van der Waals surface area contributed by atoms with Crippen LogP contribution in [0.4, 0.5) is 0 Å². The van der Waals surface area contributed by atoms with Crippen molar-refractivity contribution < 1.29 is 0 Å². The number of benzene rings is 8. The van der Waals surface area contributed by atoms with Crippen LogP contribution in [0.15, 0.2) is 170 Å². The lowest BCUT2D eigenvalue weighted by Gasteiger charge is -2.17. The molecule has 0 aliphatic rings. The number of hydrogen-bond acceptors (Lipinski definition) is 4. The molecule has 0 bridgehead atoms. The number of fused-ring (bicyclic) bond motifs is 2. The lowest BCUT2D eigenvalue weighted by Crippen LogP contribution is -2.00. The maximum atomic E-state index is 5.01. The molecule has 0 N–H and O–H groups in total. The summed E-state index contributed by atoms with van der Waals surface area (Å²) < 4.78 is 0. The summed E-state index contributed by atoms with van der Waals surface area (Å²) in [6, 6.07) is 56.6. The third-order valence-electron chi connectivity index (χ3n) is 10.5. The second kappa shape index (κ2) is 11.2. The predicted molar refractivity (Wildman–Crippen MR) is 216 cm³/mol. The molecular formula is C48H28N4. The molecule has 0 unspecified atom stereocenters. The first kappa shape index (κ1) is 28.8. The van der Waals surface area contributed by atoms with Crippen molar-refractivity contribution >= 4 is 64.6 Å². The average molecular weight is 661 g/mol. The topological polar surface area (TPSA) is 51.6 Å². The maximum Gasteiger partial charge on any atom is 0.165 e. The fourth-order valence-electron chi connectivity index (χ4n) is 8.13. The highest BCUT2D eigenvalue weighted by molar-refractivity contribution is 6.37. The Bertz CT molecular complexity index is 3110. The summed E-state index contributed by atoms with van der Waals surface area (Å²) in [7, 11) is 0. The number of nitrogens with zero attached hydrogens (tertiary/aromatic N) is 4. The van der Waals surface area contributed by atoms with Crippen LogP contribution < -0.4 is 0 Å². The smallest absolute Gasteiger partial charge is 0.165 e. The molecule has 0 aliphatic carbocycles. The molecule has 0 atom stereocenters. The van der Waals surface area contributed by atoms with E-state index in [0.717, 1.165) is 27.8 Å². The Morgan fingerprint density at radius 3 is 1.42 bits per heavy atom. The van der Waals surface area contributed by atoms with Gasteiger partial charge >= 0.3 is 0 Å². The zero-order valence-corrected chi connectivity index (χ0v) is 28.0. The van der Waals surface area contributed by atoms with E-state index in [-0.39, 0.29) is 0 Å². The first-order valence-electron chi connectivity index (χ1n) is 17.5. The molecule has 4 nitrogen and oxygen atoms in total. The first-order valence-corrected chi connectivity index (χ1v) is 17.5. The lowest BCUT2D eigenvalue weighted by atomic mass is 9.86. The molecule has 2 aromatic heterocycles. The van der Waals surface area contributed by atoms with Gasteiger partial charge in [-0.1, -0.05) is 127 Å². The Morgan fingerprint density at radius 1 is 0.288 bits per heavy atom. The molecule has 2 heterocycles. The van der Waals surface area contributed by atoms with Gasteiger partial charge < -0.3 is 0 Å². The monoisotopic (exact) mass is 660 g/mol. The number of pyridine rings is 1. The third kappa shape index (κ3) is 4.41. The van der Waals surface area contributed by atoms with E-state index in [2.05, 4.69) is 120 Å². The molecule has 0 radical (unpaired) electrons. The molecular weight excluding hydrogens is 633 g/mol. The minimum Gasteiger partial charge on any atom is -0.264 e. The van der Waals surface area contributed by atoms with Crippen molar-refractivity contribution in [2.24, 2.45) is 0 Å². The number of hydrogen-bond donors (Lipinski definition) is 0. The zero-order valence-electron chi connectivity index (χ0n) is 28.0. The lowest BCUT2D eigenvalue weighted by molar-refractivity contribution is 1.07. The highest BCUT2D eigenvalue weighted by atomic mass is 15.0. The van der Waals surface area contributed by atoms with Crippen LogP contribution in [0.3, 0.4) is 0 Å². The van der Waals surface area contributed by atoms with Crippen LogP contribution in [-0.4, -0.2) is 19.9 Å². The summed E-state index contributed by atoms with van der Waals surface area (Å²) in [5, 5.41) is 15.2. The van der Waals surface area contributed by atoms with Crippen LogP contribution in [0.5, 0.6) is 0 Å². The first-order chi connectivity index (χ1) is 25.8. The van der Waals surface area contributed by atoms with Crippen LogP contribution in [-0.2, 0) is 0 Å². The van der Waals surface area contributed by atoms with Gasteiger partial charge in [0.2, 0.25) is 0 Å². The summed E-state index contributed by atoms with van der Waals surface area (Å²) in [6.07, 6.45) is 3.56. The van der Waals surface area contributed by atoms with Gasteiger partial charge in [0.15, 0.2) is 17.5 Å². The molecule has 240 valence electrons. The Morgan fingerprint density at radius 2 is 0.788 bits per heavy atom. The molecule has 0 saturated carbocycles. The molecule has 4 heteroatoms. The van der Waals surface area contributed by atoms with Gasteiger partial charge in [0.1, 0.15) is 0 Å². The van der Waals surface area contributed by atoms with Crippen molar-refractivity contribution in [3.8, 4) is 45.3 Å². The van der Waals surface area contributed by atoms with E-state index in [9.17, 15) is 0 Å². The highest BCUT2D eigenvalue weighted by Gasteiger charge is 2.17. The fraction of sp³-hybridized carbons (Fsp3) is 0. The van der Waals surface area contributed by atoms with Gasteiger partial charge in [-0.3, -0.25) is 4.98 Å². The van der Waals surface area contributed by atoms with E-state index in [0.29, 0.717) is 17.5 Å². The van der Waals surface area contributed by atoms with Gasteiger partial charge in [0.05, 0.1) is 0 Å². The second-order valence-electron chi connectivity index (χ2n) is 13.5. The van der Waals surface area contributed by atoms with Gasteiger partial charge in [0.25, 0.3) is 0 Å². The van der Waals surface area contributed by atoms with Crippen molar-refractivity contribution in [2.75, 3.05) is 0 Å². The minimum atomic E-state index is 0.593. The Hall–Kier alpha value is -7.04. The molecule has 0 fully saturated rings. The summed E-state index contributed by atoms with van der Waals surface area (Å²) in [5.74, 6) is 1.84. The summed E-state index contributed by atoms with van der Waals surface area (Å²) in [5.41, 5.74) is 4.94. The van der Waals surface area contributed by atoms with Gasteiger partial charge in [0, 0.05) is 29.1 Å². The van der Waals surface area contributed by atoms with Crippen LogP contribution in [0.25, 0.3) is 110 Å². The molecule has 0 spiro atoms.